The molecule has 1 aliphatic carbocycles. The van der Waals surface area contributed by atoms with Gasteiger partial charge in [0, 0.05) is 34.1 Å². The molecule has 0 atom stereocenters. The molecule has 1 saturated carbocycles. The van der Waals surface area contributed by atoms with E-state index < -0.39 is 0 Å². The topological polar surface area (TPSA) is 20.3 Å². The molecule has 0 spiro atoms. The Morgan fingerprint density at radius 1 is 1.22 bits per heavy atom. The molecule has 0 saturated heterocycles. The SMILES string of the molecule is O=C(c1cc(Cl)cc(Cl)c1)N(CCCl)C1CCC1. The van der Waals surface area contributed by atoms with Crippen LogP contribution in [0.15, 0.2) is 18.2 Å². The summed E-state index contributed by atoms with van der Waals surface area (Å²) in [6.07, 6.45) is 3.28. The van der Waals surface area contributed by atoms with Crippen molar-refractivity contribution >= 4 is 40.7 Å². The van der Waals surface area contributed by atoms with Gasteiger partial charge in [0.25, 0.3) is 5.91 Å². The van der Waals surface area contributed by atoms with E-state index in [9.17, 15) is 4.79 Å². The monoisotopic (exact) mass is 305 g/mol. The summed E-state index contributed by atoms with van der Waals surface area (Å²) >= 11 is 17.6. The average Bonchev–Trinajstić information content (AvgIpc) is 2.23. The van der Waals surface area contributed by atoms with Crippen molar-refractivity contribution in [1.29, 1.82) is 0 Å². The van der Waals surface area contributed by atoms with Gasteiger partial charge in [-0.15, -0.1) is 11.6 Å². The van der Waals surface area contributed by atoms with Crippen LogP contribution in [0.2, 0.25) is 10.0 Å². The number of benzene rings is 1. The summed E-state index contributed by atoms with van der Waals surface area (Å²) in [4.78, 5) is 14.3. The van der Waals surface area contributed by atoms with Crippen molar-refractivity contribution in [1.82, 2.24) is 4.90 Å². The summed E-state index contributed by atoms with van der Waals surface area (Å²) in [6.45, 7) is 0.565. The predicted molar refractivity (Wildman–Crippen MR) is 75.9 cm³/mol. The molecular formula is C13H14Cl3NO. The minimum absolute atomic E-state index is 0.0373. The smallest absolute Gasteiger partial charge is 0.254 e. The third-order valence-electron chi connectivity index (χ3n) is 3.21. The molecule has 0 aliphatic heterocycles. The molecule has 98 valence electrons. The summed E-state index contributed by atoms with van der Waals surface area (Å²) < 4.78 is 0. The molecule has 0 bridgehead atoms. The first-order chi connectivity index (χ1) is 8.61. The number of carbonyl (C=O) groups excluding carboxylic acids is 1. The molecule has 0 radical (unpaired) electrons. The maximum Gasteiger partial charge on any atom is 0.254 e. The van der Waals surface area contributed by atoms with Gasteiger partial charge in [-0.2, -0.15) is 0 Å². The molecular weight excluding hydrogens is 293 g/mol. The number of carbonyl (C=O) groups is 1. The molecule has 1 aliphatic rings. The normalized spacial score (nSPS) is 15.3. The van der Waals surface area contributed by atoms with Gasteiger partial charge in [-0.25, -0.2) is 0 Å². The standard InChI is InChI=1S/C13H14Cl3NO/c14-4-5-17(12-2-1-3-12)13(18)9-6-10(15)8-11(16)7-9/h6-8,12H,1-5H2. The van der Waals surface area contributed by atoms with Gasteiger partial charge in [-0.3, -0.25) is 4.79 Å². The van der Waals surface area contributed by atoms with Crippen LogP contribution in [0.25, 0.3) is 0 Å². The quantitative estimate of drug-likeness (QED) is 0.762. The Hall–Kier alpha value is -0.440. The van der Waals surface area contributed by atoms with Crippen molar-refractivity contribution in [3.05, 3.63) is 33.8 Å². The van der Waals surface area contributed by atoms with Gasteiger partial charge < -0.3 is 4.90 Å². The van der Waals surface area contributed by atoms with Crippen molar-refractivity contribution in [2.45, 2.75) is 25.3 Å². The molecule has 1 fully saturated rings. The lowest BCUT2D eigenvalue weighted by Crippen LogP contribution is -2.45. The predicted octanol–water partition coefficient (Wildman–Crippen LogP) is 4.23. The van der Waals surface area contributed by atoms with Crippen LogP contribution in [-0.4, -0.2) is 29.3 Å². The Kier molecular flexibility index (Phi) is 4.77. The third kappa shape index (κ3) is 3.11. The molecule has 18 heavy (non-hydrogen) atoms. The molecule has 0 heterocycles. The van der Waals surface area contributed by atoms with Gasteiger partial charge >= 0.3 is 0 Å². The highest BCUT2D eigenvalue weighted by Crippen LogP contribution is 2.27. The van der Waals surface area contributed by atoms with E-state index in [1.54, 1.807) is 18.2 Å². The summed E-state index contributed by atoms with van der Waals surface area (Å²) in [7, 11) is 0. The first kappa shape index (κ1) is 14.0. The lowest BCUT2D eigenvalue weighted by atomic mass is 9.91. The molecule has 2 rings (SSSR count). The van der Waals surface area contributed by atoms with Crippen LogP contribution >= 0.6 is 34.8 Å². The fraction of sp³-hybridized carbons (Fsp3) is 0.462. The van der Waals surface area contributed by atoms with Crippen LogP contribution in [0.5, 0.6) is 0 Å². The van der Waals surface area contributed by atoms with Crippen molar-refractivity contribution in [2.24, 2.45) is 0 Å². The molecule has 0 aromatic heterocycles. The second-order valence-corrected chi connectivity index (χ2v) is 5.68. The van der Waals surface area contributed by atoms with Gasteiger partial charge in [0.1, 0.15) is 0 Å². The van der Waals surface area contributed by atoms with Crippen LogP contribution in [-0.2, 0) is 0 Å². The summed E-state index contributed by atoms with van der Waals surface area (Å²) in [5.74, 6) is 0.404. The summed E-state index contributed by atoms with van der Waals surface area (Å²) in [5, 5.41) is 0.954. The largest absolute Gasteiger partial charge is 0.334 e. The summed E-state index contributed by atoms with van der Waals surface area (Å²) in [5.41, 5.74) is 0.532. The first-order valence-electron chi connectivity index (χ1n) is 5.95. The zero-order valence-electron chi connectivity index (χ0n) is 9.83. The highest BCUT2D eigenvalue weighted by atomic mass is 35.5. The van der Waals surface area contributed by atoms with Crippen LogP contribution in [0.1, 0.15) is 29.6 Å². The van der Waals surface area contributed by atoms with E-state index in [2.05, 4.69) is 0 Å². The second-order valence-electron chi connectivity index (χ2n) is 4.43. The number of alkyl halides is 1. The van der Waals surface area contributed by atoms with Crippen LogP contribution in [0, 0.1) is 0 Å². The van der Waals surface area contributed by atoms with E-state index in [0.29, 0.717) is 34.1 Å². The van der Waals surface area contributed by atoms with Crippen molar-refractivity contribution < 1.29 is 4.79 Å². The fourth-order valence-corrected chi connectivity index (χ4v) is 2.79. The maximum atomic E-state index is 12.4. The Morgan fingerprint density at radius 2 is 1.83 bits per heavy atom. The highest BCUT2D eigenvalue weighted by molar-refractivity contribution is 6.35. The first-order valence-corrected chi connectivity index (χ1v) is 7.24. The number of halogens is 3. The number of nitrogens with zero attached hydrogens (tertiary/aromatic N) is 1. The van der Waals surface area contributed by atoms with Gasteiger partial charge in [0.05, 0.1) is 0 Å². The van der Waals surface area contributed by atoms with Gasteiger partial charge in [-0.1, -0.05) is 23.2 Å². The zero-order chi connectivity index (χ0) is 13.1. The lowest BCUT2D eigenvalue weighted by Gasteiger charge is -2.37. The molecule has 1 aromatic rings. The minimum atomic E-state index is -0.0373. The zero-order valence-corrected chi connectivity index (χ0v) is 12.1. The second kappa shape index (κ2) is 6.14. The summed E-state index contributed by atoms with van der Waals surface area (Å²) in [6, 6.07) is 5.23. The molecule has 0 unspecified atom stereocenters. The lowest BCUT2D eigenvalue weighted by molar-refractivity contribution is 0.0598. The van der Waals surface area contributed by atoms with Crippen molar-refractivity contribution in [2.75, 3.05) is 12.4 Å². The van der Waals surface area contributed by atoms with Crippen LogP contribution in [0.3, 0.4) is 0 Å². The Labute approximate surface area is 122 Å². The van der Waals surface area contributed by atoms with E-state index in [-0.39, 0.29) is 5.91 Å². The average molecular weight is 307 g/mol. The van der Waals surface area contributed by atoms with Gasteiger partial charge in [0.15, 0.2) is 0 Å². The maximum absolute atomic E-state index is 12.4. The Bertz CT molecular complexity index is 426. The molecule has 1 amide bonds. The Morgan fingerprint density at radius 3 is 2.28 bits per heavy atom. The highest BCUT2D eigenvalue weighted by Gasteiger charge is 2.29. The fourth-order valence-electron chi connectivity index (χ4n) is 2.08. The molecule has 0 N–H and O–H groups in total. The number of hydrogen-bond acceptors (Lipinski definition) is 1. The minimum Gasteiger partial charge on any atom is -0.334 e. The Balaban J connectivity index is 2.21. The van der Waals surface area contributed by atoms with E-state index in [0.717, 1.165) is 12.8 Å². The number of hydrogen-bond donors (Lipinski definition) is 0. The van der Waals surface area contributed by atoms with Gasteiger partial charge in [-0.05, 0) is 37.5 Å². The van der Waals surface area contributed by atoms with E-state index >= 15 is 0 Å². The van der Waals surface area contributed by atoms with E-state index in [1.807, 2.05) is 4.90 Å². The molecule has 2 nitrogen and oxygen atoms in total. The molecule has 5 heteroatoms. The molecule has 1 aromatic carbocycles. The number of amides is 1. The van der Waals surface area contributed by atoms with Crippen molar-refractivity contribution in [3.8, 4) is 0 Å². The van der Waals surface area contributed by atoms with Gasteiger partial charge in [0.2, 0.25) is 0 Å². The van der Waals surface area contributed by atoms with E-state index in [1.165, 1.54) is 6.42 Å². The van der Waals surface area contributed by atoms with Crippen LogP contribution < -0.4 is 0 Å². The number of rotatable bonds is 4. The van der Waals surface area contributed by atoms with Crippen molar-refractivity contribution in [3.63, 3.8) is 0 Å². The third-order valence-corrected chi connectivity index (χ3v) is 3.82. The van der Waals surface area contributed by atoms with E-state index in [4.69, 9.17) is 34.8 Å². The van der Waals surface area contributed by atoms with Crippen LogP contribution in [0.4, 0.5) is 0 Å².